The molecule has 6 bridgehead atoms. The molecule has 8 heteroatoms. The fourth-order valence-electron chi connectivity index (χ4n) is 7.29. The summed E-state index contributed by atoms with van der Waals surface area (Å²) in [5.41, 5.74) is 8.50. The van der Waals surface area contributed by atoms with Gasteiger partial charge in [-0.2, -0.15) is 0 Å². The third-order valence-electron chi connectivity index (χ3n) is 9.63. The van der Waals surface area contributed by atoms with Gasteiger partial charge in [-0.1, -0.05) is 12.1 Å². The fourth-order valence-corrected chi connectivity index (χ4v) is 7.29. The second kappa shape index (κ2) is 11.8. The molecule has 45 heavy (non-hydrogen) atoms. The van der Waals surface area contributed by atoms with E-state index >= 15 is 0 Å². The van der Waals surface area contributed by atoms with E-state index in [4.69, 9.17) is 23.7 Å². The van der Waals surface area contributed by atoms with E-state index in [1.165, 1.54) is 16.7 Å². The average Bonchev–Trinajstić information content (AvgIpc) is 3.06. The minimum atomic E-state index is -0.0179. The topological polar surface area (TPSA) is 81.7 Å². The lowest BCUT2D eigenvalue weighted by molar-refractivity contribution is 0.221. The van der Waals surface area contributed by atoms with Crippen LogP contribution in [0.5, 0.6) is 40.2 Å². The molecule has 0 aliphatic carbocycles. The van der Waals surface area contributed by atoms with Gasteiger partial charge in [-0.05, 0) is 110 Å². The first-order valence-corrected chi connectivity index (χ1v) is 15.5. The molecule has 3 aliphatic rings. The molecule has 3 heterocycles. The van der Waals surface area contributed by atoms with E-state index < -0.39 is 0 Å². The van der Waals surface area contributed by atoms with E-state index in [2.05, 4.69) is 53.7 Å². The minimum absolute atomic E-state index is 0.0179. The number of hydrogen-bond acceptors (Lipinski definition) is 8. The van der Waals surface area contributed by atoms with Crippen LogP contribution in [0.25, 0.3) is 11.1 Å². The molecule has 2 unspecified atom stereocenters. The number of methoxy groups -OCH3 is 4. The zero-order chi connectivity index (χ0) is 31.2. The number of ether oxygens (including phenoxy) is 5. The summed E-state index contributed by atoms with van der Waals surface area (Å²) in [4.78, 5) is 2.37. The van der Waals surface area contributed by atoms with E-state index in [1.807, 2.05) is 12.1 Å². The lowest BCUT2D eigenvalue weighted by Gasteiger charge is -2.37. The van der Waals surface area contributed by atoms with Crippen LogP contribution in [-0.4, -0.2) is 58.6 Å². The summed E-state index contributed by atoms with van der Waals surface area (Å²) in [6.45, 7) is 1.74. The highest BCUT2D eigenvalue weighted by Gasteiger charge is 2.34. The zero-order valence-corrected chi connectivity index (χ0v) is 26.5. The van der Waals surface area contributed by atoms with E-state index in [9.17, 15) is 5.11 Å². The van der Waals surface area contributed by atoms with Crippen LogP contribution >= 0.6 is 0 Å². The molecule has 7 rings (SSSR count). The van der Waals surface area contributed by atoms with Crippen LogP contribution in [0.4, 0.5) is 0 Å². The number of fused-ring (bicyclic) bond motifs is 6. The minimum Gasteiger partial charge on any atom is -0.507 e. The van der Waals surface area contributed by atoms with Gasteiger partial charge in [-0.3, -0.25) is 4.90 Å². The molecule has 0 aromatic heterocycles. The Morgan fingerprint density at radius 2 is 1.51 bits per heavy atom. The van der Waals surface area contributed by atoms with E-state index in [1.54, 1.807) is 34.5 Å². The third-order valence-corrected chi connectivity index (χ3v) is 9.63. The Kier molecular flexibility index (Phi) is 7.71. The molecule has 0 fully saturated rings. The zero-order valence-electron chi connectivity index (χ0n) is 26.5. The summed E-state index contributed by atoms with van der Waals surface area (Å²) in [5, 5.41) is 14.9. The maximum absolute atomic E-state index is 11.1. The maximum Gasteiger partial charge on any atom is 0.204 e. The predicted octanol–water partition coefficient (Wildman–Crippen LogP) is 6.40. The Labute approximate surface area is 264 Å². The Bertz CT molecular complexity index is 1770. The average molecular weight is 609 g/mol. The molecule has 0 radical (unpaired) electrons. The van der Waals surface area contributed by atoms with Gasteiger partial charge in [0.05, 0.1) is 28.4 Å². The second-order valence-electron chi connectivity index (χ2n) is 12.1. The van der Waals surface area contributed by atoms with Gasteiger partial charge in [0, 0.05) is 35.3 Å². The van der Waals surface area contributed by atoms with Crippen molar-refractivity contribution in [3.8, 4) is 51.4 Å². The molecule has 4 aromatic carbocycles. The summed E-state index contributed by atoms with van der Waals surface area (Å²) in [6, 6.07) is 18.5. The van der Waals surface area contributed by atoms with E-state index in [0.717, 1.165) is 65.9 Å². The molecule has 8 nitrogen and oxygen atoms in total. The third kappa shape index (κ3) is 5.12. The maximum atomic E-state index is 11.1. The van der Waals surface area contributed by atoms with E-state index in [-0.39, 0.29) is 17.8 Å². The van der Waals surface area contributed by atoms with Crippen LogP contribution in [0.1, 0.15) is 45.5 Å². The lowest BCUT2D eigenvalue weighted by Crippen LogP contribution is -2.34. The molecule has 0 saturated carbocycles. The number of nitrogens with one attached hydrogen (secondary N) is 1. The van der Waals surface area contributed by atoms with Gasteiger partial charge >= 0.3 is 0 Å². The summed E-state index contributed by atoms with van der Waals surface area (Å²) in [5.74, 6) is 4.11. The van der Waals surface area contributed by atoms with Crippen molar-refractivity contribution < 1.29 is 28.8 Å². The highest BCUT2D eigenvalue weighted by molar-refractivity contribution is 5.77. The van der Waals surface area contributed by atoms with Crippen molar-refractivity contribution in [3.05, 3.63) is 88.0 Å². The molecule has 0 saturated heterocycles. The summed E-state index contributed by atoms with van der Waals surface area (Å²) >= 11 is 0. The van der Waals surface area contributed by atoms with Crippen molar-refractivity contribution >= 4 is 0 Å². The Morgan fingerprint density at radius 1 is 0.778 bits per heavy atom. The van der Waals surface area contributed by atoms with Crippen molar-refractivity contribution in [1.29, 1.82) is 0 Å². The molecule has 0 spiro atoms. The molecular weight excluding hydrogens is 568 g/mol. The monoisotopic (exact) mass is 608 g/mol. The molecule has 2 N–H and O–H groups in total. The second-order valence-corrected chi connectivity index (χ2v) is 12.1. The SMILES string of the molecule is COc1cc2c3cc1Oc1c(OC)c(OC)cc4c1C(Cc1ccc(OC)c(c1)-c1cc(ccc1O)CC3NCC2)N(C)CC4. The van der Waals surface area contributed by atoms with Crippen molar-refractivity contribution in [2.24, 2.45) is 0 Å². The van der Waals surface area contributed by atoms with Crippen molar-refractivity contribution in [2.75, 3.05) is 48.6 Å². The van der Waals surface area contributed by atoms with Crippen LogP contribution < -0.4 is 29.0 Å². The first-order valence-electron chi connectivity index (χ1n) is 15.5. The highest BCUT2D eigenvalue weighted by Crippen LogP contribution is 2.52. The number of benzene rings is 4. The van der Waals surface area contributed by atoms with Crippen molar-refractivity contribution in [1.82, 2.24) is 10.2 Å². The quantitative estimate of drug-likeness (QED) is 0.276. The van der Waals surface area contributed by atoms with E-state index in [0.29, 0.717) is 35.2 Å². The summed E-state index contributed by atoms with van der Waals surface area (Å²) in [6.07, 6.45) is 3.18. The highest BCUT2D eigenvalue weighted by atomic mass is 16.5. The molecular formula is C37H40N2O6. The number of phenols is 1. The number of nitrogens with zero attached hydrogens (tertiary/aromatic N) is 1. The summed E-state index contributed by atoms with van der Waals surface area (Å²) < 4.78 is 30.6. The summed E-state index contributed by atoms with van der Waals surface area (Å²) in [7, 11) is 8.84. The standard InChI is InChI=1S/C37H40N2O6/c1-39-13-11-24-19-34(43-4)36(44-5)37-35(24)29(39)17-22-7-9-31(41-2)27(15-22)26-14-21(6-8-30(26)40)16-28-25-20-33(45-37)32(42-3)18-23(25)10-12-38-28/h6-9,14-15,18-20,28-29,38,40H,10-13,16-17H2,1-5H3. The van der Waals surface area contributed by atoms with Crippen LogP contribution in [0.3, 0.4) is 0 Å². The number of rotatable bonds is 4. The van der Waals surface area contributed by atoms with Crippen molar-refractivity contribution in [2.45, 2.75) is 37.8 Å². The lowest BCUT2D eigenvalue weighted by atomic mass is 9.86. The Hall–Kier alpha value is -4.40. The Morgan fingerprint density at radius 3 is 2.29 bits per heavy atom. The number of likely N-dealkylation sites (N-methyl/N-ethyl adjacent to an activating group) is 1. The van der Waals surface area contributed by atoms with Gasteiger partial charge < -0.3 is 34.1 Å². The van der Waals surface area contributed by atoms with Crippen molar-refractivity contribution in [3.63, 3.8) is 0 Å². The molecule has 3 aliphatic heterocycles. The van der Waals surface area contributed by atoms with Crippen LogP contribution in [0, 0.1) is 0 Å². The van der Waals surface area contributed by atoms with Gasteiger partial charge in [0.15, 0.2) is 23.0 Å². The van der Waals surface area contributed by atoms with Gasteiger partial charge in [0.25, 0.3) is 0 Å². The van der Waals surface area contributed by atoms with Gasteiger partial charge in [-0.15, -0.1) is 0 Å². The smallest absolute Gasteiger partial charge is 0.204 e. The first kappa shape index (κ1) is 29.3. The number of hydrogen-bond donors (Lipinski definition) is 2. The largest absolute Gasteiger partial charge is 0.507 e. The number of phenolic OH excluding ortho intramolecular Hbond substituents is 1. The molecule has 234 valence electrons. The molecule has 4 aromatic rings. The van der Waals surface area contributed by atoms with Crippen LogP contribution in [0.2, 0.25) is 0 Å². The van der Waals surface area contributed by atoms with Crippen LogP contribution in [0.15, 0.2) is 54.6 Å². The fraction of sp³-hybridized carbons (Fsp3) is 0.351. The molecule has 2 atom stereocenters. The molecule has 0 amide bonds. The van der Waals surface area contributed by atoms with Crippen LogP contribution in [-0.2, 0) is 25.7 Å². The number of aromatic hydroxyl groups is 1. The normalized spacial score (nSPS) is 18.8. The first-order chi connectivity index (χ1) is 21.9. The van der Waals surface area contributed by atoms with Gasteiger partial charge in [0.2, 0.25) is 5.75 Å². The van der Waals surface area contributed by atoms with Gasteiger partial charge in [-0.25, -0.2) is 0 Å². The van der Waals surface area contributed by atoms with Gasteiger partial charge in [0.1, 0.15) is 11.5 Å². The predicted molar refractivity (Wildman–Crippen MR) is 174 cm³/mol. The Balaban J connectivity index is 1.51.